The Morgan fingerprint density at radius 3 is 2.15 bits per heavy atom. The normalized spacial score (nSPS) is 17.4. The fraction of sp³-hybridized carbons (Fsp3) is 0.581. The zero-order valence-corrected chi connectivity index (χ0v) is 27.4. The van der Waals surface area contributed by atoms with E-state index >= 15 is 0 Å². The van der Waals surface area contributed by atoms with Crippen molar-refractivity contribution in [1.82, 2.24) is 26.2 Å². The Labute approximate surface area is 274 Å². The molecule has 0 spiro atoms. The van der Waals surface area contributed by atoms with Crippen LogP contribution in [-0.4, -0.2) is 101 Å². The smallest absolute Gasteiger partial charge is 0.326 e. The number of amides is 5. The molecule has 2 rings (SSSR count). The molecule has 0 unspecified atom stereocenters. The van der Waals surface area contributed by atoms with Crippen LogP contribution in [0.25, 0.3) is 0 Å². The van der Waals surface area contributed by atoms with Crippen molar-refractivity contribution in [3.05, 3.63) is 35.9 Å². The molecule has 0 saturated carbocycles. The second-order valence-corrected chi connectivity index (χ2v) is 12.0. The highest BCUT2D eigenvalue weighted by Crippen LogP contribution is 2.19. The molecule has 11 N–H and O–H groups in total. The quantitative estimate of drug-likeness (QED) is 0.0535. The molecule has 1 fully saturated rings. The summed E-state index contributed by atoms with van der Waals surface area (Å²) in [5.74, 6) is -4.75. The van der Waals surface area contributed by atoms with E-state index in [0.717, 1.165) is 0 Å². The number of carboxylic acids is 1. The van der Waals surface area contributed by atoms with Gasteiger partial charge >= 0.3 is 5.97 Å². The topological polar surface area (TPSA) is 264 Å². The molecule has 0 aromatic heterocycles. The Balaban J connectivity index is 2.10. The van der Waals surface area contributed by atoms with Crippen LogP contribution >= 0.6 is 0 Å². The van der Waals surface area contributed by atoms with Crippen molar-refractivity contribution >= 4 is 41.5 Å². The molecule has 16 heteroatoms. The average Bonchev–Trinajstić information content (AvgIpc) is 3.50. The van der Waals surface area contributed by atoms with E-state index in [9.17, 15) is 33.9 Å². The fourth-order valence-corrected chi connectivity index (χ4v) is 5.11. The van der Waals surface area contributed by atoms with Crippen LogP contribution in [0.1, 0.15) is 58.9 Å². The van der Waals surface area contributed by atoms with Crippen molar-refractivity contribution in [2.45, 2.75) is 96.1 Å². The van der Waals surface area contributed by atoms with Gasteiger partial charge in [-0.25, -0.2) is 4.79 Å². The summed E-state index contributed by atoms with van der Waals surface area (Å²) in [6, 6.07) is 2.62. The lowest BCUT2D eigenvalue weighted by molar-refractivity contribution is -0.142. The lowest BCUT2D eigenvalue weighted by Crippen LogP contribution is -2.59. The van der Waals surface area contributed by atoms with Gasteiger partial charge in [0.1, 0.15) is 30.2 Å². The summed E-state index contributed by atoms with van der Waals surface area (Å²) in [5.41, 5.74) is 17.2. The molecule has 6 atom stereocenters. The molecule has 0 bridgehead atoms. The molecule has 16 nitrogen and oxygen atoms in total. The van der Waals surface area contributed by atoms with Gasteiger partial charge in [-0.3, -0.25) is 29.0 Å². The van der Waals surface area contributed by atoms with Crippen molar-refractivity contribution in [3.8, 4) is 0 Å². The minimum absolute atomic E-state index is 0.0431. The second kappa shape index (κ2) is 18.4. The van der Waals surface area contributed by atoms with Gasteiger partial charge in [-0.1, -0.05) is 44.2 Å². The molecular formula is C31H49N9O7. The second-order valence-electron chi connectivity index (χ2n) is 12.0. The Morgan fingerprint density at radius 1 is 0.915 bits per heavy atom. The van der Waals surface area contributed by atoms with Crippen molar-refractivity contribution in [2.24, 2.45) is 28.1 Å². The van der Waals surface area contributed by atoms with E-state index in [-0.39, 0.29) is 31.3 Å². The molecule has 0 radical (unpaired) electrons. The molecule has 0 aliphatic carbocycles. The van der Waals surface area contributed by atoms with E-state index in [1.165, 1.54) is 18.7 Å². The van der Waals surface area contributed by atoms with Crippen molar-refractivity contribution < 1.29 is 33.9 Å². The number of guanidine groups is 1. The third kappa shape index (κ3) is 12.2. The Hall–Kier alpha value is -4.73. The maximum atomic E-state index is 13.4. The van der Waals surface area contributed by atoms with Crippen LogP contribution in [0, 0.1) is 5.92 Å². The highest BCUT2D eigenvalue weighted by molar-refractivity contribution is 5.96. The summed E-state index contributed by atoms with van der Waals surface area (Å²) in [7, 11) is 0. The number of rotatable bonds is 17. The van der Waals surface area contributed by atoms with Gasteiger partial charge in [0.25, 0.3) is 0 Å². The monoisotopic (exact) mass is 659 g/mol. The van der Waals surface area contributed by atoms with E-state index < -0.39 is 71.8 Å². The number of carboxylic acid groups (broad SMARTS) is 1. The first-order valence-electron chi connectivity index (χ1n) is 15.7. The summed E-state index contributed by atoms with van der Waals surface area (Å²) < 4.78 is 0. The summed E-state index contributed by atoms with van der Waals surface area (Å²) in [5, 5.41) is 20.1. The average molecular weight is 660 g/mol. The number of nitrogens with one attached hydrogen (secondary N) is 4. The van der Waals surface area contributed by atoms with Gasteiger partial charge in [0, 0.05) is 19.5 Å². The van der Waals surface area contributed by atoms with Crippen LogP contribution in [0.15, 0.2) is 35.3 Å². The summed E-state index contributed by atoms with van der Waals surface area (Å²) >= 11 is 0. The van der Waals surface area contributed by atoms with Crippen molar-refractivity contribution in [1.29, 1.82) is 0 Å². The molecule has 260 valence electrons. The number of carbonyl (C=O) groups excluding carboxylic acids is 5. The summed E-state index contributed by atoms with van der Waals surface area (Å²) in [6.07, 6.45) is 1.47. The first-order valence-corrected chi connectivity index (χ1v) is 15.7. The number of aliphatic imine (C=N–C) groups is 1. The summed E-state index contributed by atoms with van der Waals surface area (Å²) in [4.78, 5) is 82.7. The molecule has 5 amide bonds. The molecule has 1 heterocycles. The number of nitrogens with zero attached hydrogens (tertiary/aromatic N) is 2. The first-order chi connectivity index (χ1) is 22.1. The number of carbonyl (C=O) groups is 6. The molecule has 1 aromatic rings. The van der Waals surface area contributed by atoms with Gasteiger partial charge in [0.15, 0.2) is 5.96 Å². The minimum atomic E-state index is -1.23. The SMILES string of the molecule is CC(C)[C@H](NC(=O)[C@H](C)NC(=O)[C@H](CCCN=C(N)N)NC(=O)[C@@H]1CCCN1C(=O)[C@H](C)N)C(=O)N[C@@H](Cc1ccccc1)C(=O)O. The molecule has 1 aliphatic rings. The van der Waals surface area contributed by atoms with Gasteiger partial charge in [-0.2, -0.15) is 0 Å². The largest absolute Gasteiger partial charge is 0.480 e. The van der Waals surface area contributed by atoms with E-state index in [1.807, 2.05) is 0 Å². The maximum absolute atomic E-state index is 13.4. The van der Waals surface area contributed by atoms with Crippen LogP contribution in [0.2, 0.25) is 0 Å². The van der Waals surface area contributed by atoms with Gasteiger partial charge in [0.05, 0.1) is 6.04 Å². The van der Waals surface area contributed by atoms with E-state index in [0.29, 0.717) is 31.4 Å². The van der Waals surface area contributed by atoms with Gasteiger partial charge in [0.2, 0.25) is 29.5 Å². The maximum Gasteiger partial charge on any atom is 0.326 e. The Bertz CT molecular complexity index is 1290. The van der Waals surface area contributed by atoms with Crippen LogP contribution < -0.4 is 38.5 Å². The molecule has 1 aliphatic heterocycles. The zero-order valence-electron chi connectivity index (χ0n) is 27.4. The van der Waals surface area contributed by atoms with Crippen LogP contribution in [-0.2, 0) is 35.2 Å². The molecule has 47 heavy (non-hydrogen) atoms. The van der Waals surface area contributed by atoms with Gasteiger partial charge in [-0.15, -0.1) is 0 Å². The van der Waals surface area contributed by atoms with E-state index in [4.69, 9.17) is 17.2 Å². The number of likely N-dealkylation sites (tertiary alicyclic amines) is 1. The fourth-order valence-electron chi connectivity index (χ4n) is 5.11. The minimum Gasteiger partial charge on any atom is -0.480 e. The third-order valence-electron chi connectivity index (χ3n) is 7.70. The standard InChI is InChI=1S/C31H49N9O7/c1-17(2)24(28(44)38-22(30(46)47)16-20-10-6-5-7-11-20)39-25(41)19(4)36-26(42)21(12-8-14-35-31(33)34)37-27(43)23-13-9-15-40(23)29(45)18(3)32/h5-7,10-11,17-19,21-24H,8-9,12-16,32H2,1-4H3,(H,36,42)(H,37,43)(H,38,44)(H,39,41)(H,46,47)(H4,33,34,35)/t18-,19-,21-,22-,23-,24-/m0/s1. The zero-order chi connectivity index (χ0) is 35.3. The summed E-state index contributed by atoms with van der Waals surface area (Å²) in [6.45, 7) is 6.86. The van der Waals surface area contributed by atoms with Crippen LogP contribution in [0.3, 0.4) is 0 Å². The van der Waals surface area contributed by atoms with Crippen LogP contribution in [0.4, 0.5) is 0 Å². The highest BCUT2D eigenvalue weighted by Gasteiger charge is 2.37. The lowest BCUT2D eigenvalue weighted by Gasteiger charge is -2.28. The Morgan fingerprint density at radius 2 is 1.57 bits per heavy atom. The lowest BCUT2D eigenvalue weighted by atomic mass is 10.0. The number of benzene rings is 1. The molecular weight excluding hydrogens is 610 g/mol. The van der Waals surface area contributed by atoms with E-state index in [1.54, 1.807) is 44.2 Å². The number of nitrogens with two attached hydrogens (primary N) is 3. The number of hydrogen-bond donors (Lipinski definition) is 8. The number of hydrogen-bond acceptors (Lipinski definition) is 8. The Kier molecular flexibility index (Phi) is 15.1. The third-order valence-corrected chi connectivity index (χ3v) is 7.70. The van der Waals surface area contributed by atoms with Crippen LogP contribution in [0.5, 0.6) is 0 Å². The van der Waals surface area contributed by atoms with Gasteiger partial charge < -0.3 is 48.5 Å². The predicted octanol–water partition coefficient (Wildman–Crippen LogP) is -1.68. The van der Waals surface area contributed by atoms with E-state index in [2.05, 4.69) is 26.3 Å². The first kappa shape index (κ1) is 38.5. The highest BCUT2D eigenvalue weighted by atomic mass is 16.4. The van der Waals surface area contributed by atoms with Gasteiger partial charge in [-0.05, 0) is 51.0 Å². The van der Waals surface area contributed by atoms with Crippen molar-refractivity contribution in [2.75, 3.05) is 13.1 Å². The number of aliphatic carboxylic acids is 1. The molecule has 1 aromatic carbocycles. The van der Waals surface area contributed by atoms with Crippen molar-refractivity contribution in [3.63, 3.8) is 0 Å². The molecule has 1 saturated heterocycles. The predicted molar refractivity (Wildman–Crippen MR) is 174 cm³/mol.